The standard InChI is InChI=1S/C24H32N2O3/c1-6-12-26-21-11-10-18(16(3)4)14-20(21)17(5)22(26)23(27)25-13-8-9-19(15-25)24(28)29-7-2/h6,10-11,14,16,19H,1,7-9,12-13,15H2,2-5H3. The molecule has 5 nitrogen and oxygen atoms in total. The molecule has 1 amide bonds. The highest BCUT2D eigenvalue weighted by Gasteiger charge is 2.32. The summed E-state index contributed by atoms with van der Waals surface area (Å²) in [5.74, 6) is -0.0264. The molecule has 1 fully saturated rings. The maximum absolute atomic E-state index is 13.5. The molecule has 1 aliphatic rings. The van der Waals surface area contributed by atoms with E-state index in [0.29, 0.717) is 37.9 Å². The predicted molar refractivity (Wildman–Crippen MR) is 116 cm³/mol. The number of carbonyl (C=O) groups is 2. The quantitative estimate of drug-likeness (QED) is 0.526. The number of fused-ring (bicyclic) bond motifs is 1. The lowest BCUT2D eigenvalue weighted by Crippen LogP contribution is -2.43. The summed E-state index contributed by atoms with van der Waals surface area (Å²) in [7, 11) is 0. The second kappa shape index (κ2) is 8.85. The number of likely N-dealkylation sites (tertiary alicyclic amines) is 1. The maximum atomic E-state index is 13.5. The average molecular weight is 397 g/mol. The van der Waals surface area contributed by atoms with Crippen LogP contribution in [-0.4, -0.2) is 41.0 Å². The van der Waals surface area contributed by atoms with Crippen molar-refractivity contribution in [1.82, 2.24) is 9.47 Å². The number of ether oxygens (including phenoxy) is 1. The molecule has 1 saturated heterocycles. The van der Waals surface area contributed by atoms with Gasteiger partial charge in [0, 0.05) is 30.5 Å². The van der Waals surface area contributed by atoms with Gasteiger partial charge in [0.05, 0.1) is 12.5 Å². The van der Waals surface area contributed by atoms with E-state index in [0.717, 1.165) is 29.3 Å². The normalized spacial score (nSPS) is 17.0. The zero-order valence-electron chi connectivity index (χ0n) is 18.0. The molecular weight excluding hydrogens is 364 g/mol. The van der Waals surface area contributed by atoms with Gasteiger partial charge in [-0.05, 0) is 55.9 Å². The Hall–Kier alpha value is -2.56. The lowest BCUT2D eigenvalue weighted by atomic mass is 9.97. The van der Waals surface area contributed by atoms with Crippen LogP contribution in [0, 0.1) is 12.8 Å². The number of amides is 1. The minimum Gasteiger partial charge on any atom is -0.466 e. The van der Waals surface area contributed by atoms with Crippen LogP contribution in [0.5, 0.6) is 0 Å². The van der Waals surface area contributed by atoms with Gasteiger partial charge in [0.25, 0.3) is 5.91 Å². The summed E-state index contributed by atoms with van der Waals surface area (Å²) in [6.45, 7) is 14.1. The SMILES string of the molecule is C=CCn1c(C(=O)N2CCCC(C(=O)OCC)C2)c(C)c2cc(C(C)C)ccc21. The first-order valence-corrected chi connectivity index (χ1v) is 10.6. The minimum atomic E-state index is -0.238. The Morgan fingerprint density at radius 1 is 1.34 bits per heavy atom. The van der Waals surface area contributed by atoms with E-state index in [1.54, 1.807) is 0 Å². The highest BCUT2D eigenvalue weighted by Crippen LogP contribution is 2.31. The number of hydrogen-bond acceptors (Lipinski definition) is 3. The molecule has 1 aliphatic heterocycles. The number of aryl methyl sites for hydroxylation is 1. The first-order chi connectivity index (χ1) is 13.9. The Bertz CT molecular complexity index is 926. The van der Waals surface area contributed by atoms with E-state index in [1.807, 2.05) is 24.8 Å². The zero-order chi connectivity index (χ0) is 21.1. The molecule has 1 unspecified atom stereocenters. The largest absolute Gasteiger partial charge is 0.466 e. The van der Waals surface area contributed by atoms with Gasteiger partial charge in [-0.15, -0.1) is 6.58 Å². The topological polar surface area (TPSA) is 51.5 Å². The molecule has 5 heteroatoms. The van der Waals surface area contributed by atoms with Crippen LogP contribution in [0.25, 0.3) is 10.9 Å². The van der Waals surface area contributed by atoms with Crippen molar-refractivity contribution in [3.63, 3.8) is 0 Å². The van der Waals surface area contributed by atoms with E-state index < -0.39 is 0 Å². The number of hydrogen-bond donors (Lipinski definition) is 0. The third-order valence-electron chi connectivity index (χ3n) is 5.85. The molecule has 2 heterocycles. The van der Waals surface area contributed by atoms with Crippen LogP contribution in [-0.2, 0) is 16.1 Å². The molecule has 3 rings (SSSR count). The van der Waals surface area contributed by atoms with Crippen molar-refractivity contribution < 1.29 is 14.3 Å². The van der Waals surface area contributed by atoms with E-state index >= 15 is 0 Å². The van der Waals surface area contributed by atoms with E-state index in [2.05, 4.69) is 43.2 Å². The monoisotopic (exact) mass is 396 g/mol. The van der Waals surface area contributed by atoms with Crippen LogP contribution in [0.2, 0.25) is 0 Å². The zero-order valence-corrected chi connectivity index (χ0v) is 18.0. The smallest absolute Gasteiger partial charge is 0.310 e. The molecule has 2 aromatic rings. The summed E-state index contributed by atoms with van der Waals surface area (Å²) >= 11 is 0. The molecule has 0 N–H and O–H groups in total. The predicted octanol–water partition coefficient (Wildman–Crippen LogP) is 4.67. The molecule has 0 radical (unpaired) electrons. The van der Waals surface area contributed by atoms with E-state index in [4.69, 9.17) is 4.74 Å². The van der Waals surface area contributed by atoms with Crippen molar-refractivity contribution in [3.05, 3.63) is 47.7 Å². The molecule has 156 valence electrons. The molecule has 29 heavy (non-hydrogen) atoms. The van der Waals surface area contributed by atoms with Gasteiger partial charge in [-0.3, -0.25) is 9.59 Å². The summed E-state index contributed by atoms with van der Waals surface area (Å²) in [6.07, 6.45) is 3.41. The van der Waals surface area contributed by atoms with Gasteiger partial charge in [0.2, 0.25) is 0 Å². The highest BCUT2D eigenvalue weighted by molar-refractivity contribution is 6.02. The summed E-state index contributed by atoms with van der Waals surface area (Å²) in [5, 5.41) is 1.11. The number of piperidine rings is 1. The highest BCUT2D eigenvalue weighted by atomic mass is 16.5. The van der Waals surface area contributed by atoms with Crippen LogP contribution >= 0.6 is 0 Å². The van der Waals surface area contributed by atoms with Crippen molar-refractivity contribution in [1.29, 1.82) is 0 Å². The number of rotatable bonds is 6. The lowest BCUT2D eigenvalue weighted by molar-refractivity contribution is -0.149. The lowest BCUT2D eigenvalue weighted by Gasteiger charge is -2.32. The summed E-state index contributed by atoms with van der Waals surface area (Å²) in [5.41, 5.74) is 4.00. The number of esters is 1. The summed E-state index contributed by atoms with van der Waals surface area (Å²) < 4.78 is 7.24. The van der Waals surface area contributed by atoms with Gasteiger partial charge < -0.3 is 14.2 Å². The van der Waals surface area contributed by atoms with E-state index in [-0.39, 0.29) is 17.8 Å². The van der Waals surface area contributed by atoms with Crippen molar-refractivity contribution in [2.45, 2.75) is 53.0 Å². The third kappa shape index (κ3) is 4.09. The molecule has 1 atom stereocenters. The van der Waals surface area contributed by atoms with Crippen LogP contribution in [0.15, 0.2) is 30.9 Å². The minimum absolute atomic E-state index is 0.0133. The number of aromatic nitrogens is 1. The van der Waals surface area contributed by atoms with Gasteiger partial charge in [0.1, 0.15) is 5.69 Å². The van der Waals surface area contributed by atoms with Crippen LogP contribution in [0.4, 0.5) is 0 Å². The Morgan fingerprint density at radius 2 is 2.10 bits per heavy atom. The summed E-state index contributed by atoms with van der Waals surface area (Å²) in [6, 6.07) is 6.44. The van der Waals surface area contributed by atoms with Gasteiger partial charge in [-0.25, -0.2) is 0 Å². The van der Waals surface area contributed by atoms with Gasteiger partial charge in [0.15, 0.2) is 0 Å². The summed E-state index contributed by atoms with van der Waals surface area (Å²) in [4.78, 5) is 27.6. The van der Waals surface area contributed by atoms with Gasteiger partial charge in [-0.2, -0.15) is 0 Å². The fourth-order valence-electron chi connectivity index (χ4n) is 4.26. The fourth-order valence-corrected chi connectivity index (χ4v) is 4.26. The first-order valence-electron chi connectivity index (χ1n) is 10.6. The molecule has 0 bridgehead atoms. The van der Waals surface area contributed by atoms with Gasteiger partial charge >= 0.3 is 5.97 Å². The van der Waals surface area contributed by atoms with Crippen LogP contribution in [0.3, 0.4) is 0 Å². The molecule has 0 spiro atoms. The Balaban J connectivity index is 2.00. The number of carbonyl (C=O) groups excluding carboxylic acids is 2. The van der Waals surface area contributed by atoms with Crippen molar-refractivity contribution in [2.75, 3.05) is 19.7 Å². The van der Waals surface area contributed by atoms with Crippen LogP contribution in [0.1, 0.15) is 61.1 Å². The number of allylic oxidation sites excluding steroid dienone is 1. The van der Waals surface area contributed by atoms with Crippen LogP contribution < -0.4 is 0 Å². The average Bonchev–Trinajstić information content (AvgIpc) is 2.99. The van der Waals surface area contributed by atoms with Crippen molar-refractivity contribution in [2.24, 2.45) is 5.92 Å². The third-order valence-corrected chi connectivity index (χ3v) is 5.85. The van der Waals surface area contributed by atoms with Gasteiger partial charge in [-0.1, -0.05) is 26.0 Å². The maximum Gasteiger partial charge on any atom is 0.310 e. The molecule has 0 saturated carbocycles. The second-order valence-corrected chi connectivity index (χ2v) is 8.15. The number of nitrogens with zero attached hydrogens (tertiary/aromatic N) is 2. The van der Waals surface area contributed by atoms with Crippen molar-refractivity contribution >= 4 is 22.8 Å². The van der Waals surface area contributed by atoms with E-state index in [9.17, 15) is 9.59 Å². The Kier molecular flexibility index (Phi) is 6.46. The molecule has 1 aromatic carbocycles. The fraction of sp³-hybridized carbons (Fsp3) is 0.500. The Morgan fingerprint density at radius 3 is 2.76 bits per heavy atom. The van der Waals surface area contributed by atoms with Crippen molar-refractivity contribution in [3.8, 4) is 0 Å². The Labute approximate surface area is 173 Å². The molecule has 0 aliphatic carbocycles. The molecular formula is C24H32N2O3. The second-order valence-electron chi connectivity index (χ2n) is 8.15. The first kappa shape index (κ1) is 21.2. The number of benzene rings is 1. The van der Waals surface area contributed by atoms with E-state index in [1.165, 1.54) is 5.56 Å². The molecule has 1 aromatic heterocycles.